The van der Waals surface area contributed by atoms with Gasteiger partial charge in [-0.25, -0.2) is 9.98 Å². The zero-order valence-corrected chi connectivity index (χ0v) is 16.6. The summed E-state index contributed by atoms with van der Waals surface area (Å²) in [6.45, 7) is 1.76. The summed E-state index contributed by atoms with van der Waals surface area (Å²) in [4.78, 5) is 11.7. The first-order valence-electron chi connectivity index (χ1n) is 9.23. The number of aromatic hydroxyl groups is 1. The molecule has 160 valence electrons. The normalized spacial score (nSPS) is 11.9. The van der Waals surface area contributed by atoms with Crippen molar-refractivity contribution in [2.45, 2.75) is 13.1 Å². The maximum atomic E-state index is 12.9. The van der Waals surface area contributed by atoms with Crippen LogP contribution in [0.2, 0.25) is 0 Å². The molecule has 0 atom stereocenters. The number of nitrogens with zero attached hydrogens (tertiary/aromatic N) is 4. The lowest BCUT2D eigenvalue weighted by Crippen LogP contribution is -2.14. The molecule has 0 aliphatic rings. The molecule has 32 heavy (non-hydrogen) atoms. The van der Waals surface area contributed by atoms with Gasteiger partial charge >= 0.3 is 6.18 Å². The van der Waals surface area contributed by atoms with Crippen LogP contribution in [-0.4, -0.2) is 31.1 Å². The van der Waals surface area contributed by atoms with Crippen molar-refractivity contribution in [1.82, 2.24) is 20.2 Å². The molecule has 0 aliphatic carbocycles. The Labute approximate surface area is 179 Å². The Morgan fingerprint density at radius 1 is 1.12 bits per heavy atom. The van der Waals surface area contributed by atoms with Crippen molar-refractivity contribution in [3.63, 3.8) is 0 Å². The molecular weight excluding hydrogens is 421 g/mol. The molecule has 0 fully saturated rings. The van der Waals surface area contributed by atoms with Crippen molar-refractivity contribution < 1.29 is 18.3 Å². The third kappa shape index (κ3) is 4.22. The number of pyridine rings is 2. The summed E-state index contributed by atoms with van der Waals surface area (Å²) in [6, 6.07) is 5.83. The number of amidine groups is 1. The minimum absolute atomic E-state index is 0.0931. The van der Waals surface area contributed by atoms with E-state index < -0.39 is 11.7 Å². The van der Waals surface area contributed by atoms with Gasteiger partial charge in [0.1, 0.15) is 11.6 Å². The van der Waals surface area contributed by atoms with Gasteiger partial charge in [-0.2, -0.15) is 18.3 Å². The number of nitrogens with one attached hydrogen (secondary N) is 1. The molecule has 0 saturated carbocycles. The summed E-state index contributed by atoms with van der Waals surface area (Å²) in [6.07, 6.45) is 0.475. The number of benzene rings is 1. The van der Waals surface area contributed by atoms with Crippen LogP contribution < -0.4 is 5.73 Å². The van der Waals surface area contributed by atoms with Crippen molar-refractivity contribution in [1.29, 1.82) is 0 Å². The van der Waals surface area contributed by atoms with Crippen LogP contribution in [0.5, 0.6) is 5.75 Å². The standard InChI is InChI=1S/C22H15F3N6O/c1-12-2-4-18(20(26)30-16-7-15(10-27-11-16)22(23,24)25)19(32)17(12)5-3-13-6-14-9-29-31-21(14)28-8-13/h2,4,6-11,32H,1H3,(H2,26,30)(H,28,29,31). The Hall–Kier alpha value is -4.39. The third-order valence-corrected chi connectivity index (χ3v) is 4.59. The number of hydrogen-bond donors (Lipinski definition) is 3. The van der Waals surface area contributed by atoms with Gasteiger partial charge in [0.25, 0.3) is 0 Å². The summed E-state index contributed by atoms with van der Waals surface area (Å²) in [5.41, 5.74) is 7.31. The molecular formula is C22H15F3N6O. The van der Waals surface area contributed by atoms with E-state index in [-0.39, 0.29) is 22.8 Å². The predicted molar refractivity (Wildman–Crippen MR) is 112 cm³/mol. The number of hydrogen-bond acceptors (Lipinski definition) is 5. The fourth-order valence-corrected chi connectivity index (χ4v) is 2.94. The van der Waals surface area contributed by atoms with Crippen molar-refractivity contribution in [2.24, 2.45) is 10.7 Å². The van der Waals surface area contributed by atoms with Crippen LogP contribution in [0.1, 0.15) is 27.8 Å². The zero-order chi connectivity index (χ0) is 22.9. The van der Waals surface area contributed by atoms with Crippen molar-refractivity contribution in [3.05, 3.63) is 76.9 Å². The Bertz CT molecular complexity index is 1410. The van der Waals surface area contributed by atoms with Gasteiger partial charge in [0.05, 0.1) is 34.8 Å². The summed E-state index contributed by atoms with van der Waals surface area (Å²) >= 11 is 0. The van der Waals surface area contributed by atoms with Gasteiger partial charge in [0.2, 0.25) is 0 Å². The Kier molecular flexibility index (Phi) is 5.24. The van der Waals surface area contributed by atoms with E-state index in [1.54, 1.807) is 31.5 Å². The number of halogens is 3. The molecule has 3 heterocycles. The van der Waals surface area contributed by atoms with E-state index in [2.05, 4.69) is 37.0 Å². The monoisotopic (exact) mass is 436 g/mol. The number of phenolic OH excluding ortho intramolecular Hbond substituents is 1. The molecule has 0 radical (unpaired) electrons. The smallest absolute Gasteiger partial charge is 0.417 e. The molecule has 0 spiro atoms. The van der Waals surface area contributed by atoms with Crippen LogP contribution in [0.4, 0.5) is 18.9 Å². The SMILES string of the molecule is Cc1ccc(C(N)=Nc2cncc(C(F)(F)F)c2)c(O)c1C#Cc1cnc2[nH]ncc2c1. The minimum atomic E-state index is -4.56. The van der Waals surface area contributed by atoms with Crippen LogP contribution in [0, 0.1) is 18.8 Å². The highest BCUT2D eigenvalue weighted by Gasteiger charge is 2.31. The number of H-pyrrole nitrogens is 1. The van der Waals surface area contributed by atoms with Gasteiger partial charge in [-0.3, -0.25) is 10.1 Å². The van der Waals surface area contributed by atoms with Crippen molar-refractivity contribution in [3.8, 4) is 17.6 Å². The Morgan fingerprint density at radius 2 is 1.94 bits per heavy atom. The van der Waals surface area contributed by atoms with Crippen LogP contribution in [0.3, 0.4) is 0 Å². The fourth-order valence-electron chi connectivity index (χ4n) is 2.94. The molecule has 0 aliphatic heterocycles. The van der Waals surface area contributed by atoms with Gasteiger partial charge in [-0.15, -0.1) is 0 Å². The van der Waals surface area contributed by atoms with Gasteiger partial charge in [0, 0.05) is 23.3 Å². The lowest BCUT2D eigenvalue weighted by Gasteiger charge is -2.09. The molecule has 0 saturated heterocycles. The van der Waals surface area contributed by atoms with E-state index in [1.165, 1.54) is 6.07 Å². The molecule has 0 unspecified atom stereocenters. The van der Waals surface area contributed by atoms with Crippen molar-refractivity contribution in [2.75, 3.05) is 0 Å². The number of phenols is 1. The third-order valence-electron chi connectivity index (χ3n) is 4.59. The first-order chi connectivity index (χ1) is 15.2. The number of nitrogens with two attached hydrogens (primary N) is 1. The van der Waals surface area contributed by atoms with Gasteiger partial charge < -0.3 is 10.8 Å². The van der Waals surface area contributed by atoms with E-state index in [9.17, 15) is 18.3 Å². The van der Waals surface area contributed by atoms with E-state index in [1.807, 2.05) is 0 Å². The summed E-state index contributed by atoms with van der Waals surface area (Å²) in [7, 11) is 0. The molecule has 7 nitrogen and oxygen atoms in total. The topological polar surface area (TPSA) is 113 Å². The molecule has 4 N–H and O–H groups in total. The van der Waals surface area contributed by atoms with Crippen LogP contribution in [0.25, 0.3) is 11.0 Å². The zero-order valence-electron chi connectivity index (χ0n) is 16.6. The van der Waals surface area contributed by atoms with Gasteiger partial charge in [0.15, 0.2) is 5.65 Å². The first-order valence-corrected chi connectivity index (χ1v) is 9.23. The first kappa shape index (κ1) is 20.9. The Balaban J connectivity index is 1.70. The molecule has 1 aromatic carbocycles. The second-order valence-corrected chi connectivity index (χ2v) is 6.86. The highest BCUT2D eigenvalue weighted by Crippen LogP contribution is 2.31. The Morgan fingerprint density at radius 3 is 2.72 bits per heavy atom. The lowest BCUT2D eigenvalue weighted by atomic mass is 10.0. The second-order valence-electron chi connectivity index (χ2n) is 6.86. The van der Waals surface area contributed by atoms with Crippen LogP contribution >= 0.6 is 0 Å². The predicted octanol–water partition coefficient (Wildman–Crippen LogP) is 3.82. The lowest BCUT2D eigenvalue weighted by molar-refractivity contribution is -0.137. The van der Waals surface area contributed by atoms with Gasteiger partial charge in [-0.1, -0.05) is 17.9 Å². The average molecular weight is 436 g/mol. The van der Waals surface area contributed by atoms with E-state index in [0.29, 0.717) is 28.5 Å². The van der Waals surface area contributed by atoms with E-state index in [0.717, 1.165) is 17.6 Å². The quantitative estimate of drug-likeness (QED) is 0.251. The maximum absolute atomic E-state index is 12.9. The number of aromatic amines is 1. The number of alkyl halides is 3. The largest absolute Gasteiger partial charge is 0.506 e. The number of rotatable bonds is 2. The summed E-state index contributed by atoms with van der Waals surface area (Å²) in [5, 5.41) is 18.2. The number of aromatic nitrogens is 4. The number of aryl methyl sites for hydroxylation is 1. The van der Waals surface area contributed by atoms with E-state index >= 15 is 0 Å². The fraction of sp³-hybridized carbons (Fsp3) is 0.0909. The molecule has 0 amide bonds. The summed E-state index contributed by atoms with van der Waals surface area (Å²) in [5.74, 6) is 5.44. The van der Waals surface area contributed by atoms with Crippen LogP contribution in [-0.2, 0) is 6.18 Å². The van der Waals surface area contributed by atoms with Gasteiger partial charge in [-0.05, 0) is 30.7 Å². The highest BCUT2D eigenvalue weighted by molar-refractivity contribution is 6.02. The molecule has 10 heteroatoms. The van der Waals surface area contributed by atoms with Crippen LogP contribution in [0.15, 0.2) is 54.0 Å². The molecule has 4 rings (SSSR count). The minimum Gasteiger partial charge on any atom is -0.506 e. The van der Waals surface area contributed by atoms with Crippen molar-refractivity contribution >= 4 is 22.6 Å². The second kappa shape index (κ2) is 8.03. The molecule has 0 bridgehead atoms. The number of aliphatic imine (C=N–C) groups is 1. The maximum Gasteiger partial charge on any atom is 0.417 e. The summed E-state index contributed by atoms with van der Waals surface area (Å²) < 4.78 is 38.7. The number of fused-ring (bicyclic) bond motifs is 1. The average Bonchev–Trinajstić information content (AvgIpc) is 3.21. The molecule has 3 aromatic heterocycles. The highest BCUT2D eigenvalue weighted by atomic mass is 19.4. The van der Waals surface area contributed by atoms with E-state index in [4.69, 9.17) is 5.73 Å². The molecule has 4 aromatic rings.